The molecule has 0 bridgehead atoms. The lowest BCUT2D eigenvalue weighted by molar-refractivity contribution is 0.792. The first kappa shape index (κ1) is 12.9. The average molecular weight is 237 g/mol. The SMILES string of the molecule is CC(C)c1cccc(-c2[c]cccc2)c1C(C)C. The van der Waals surface area contributed by atoms with Gasteiger partial charge in [-0.1, -0.05) is 70.2 Å². The summed E-state index contributed by atoms with van der Waals surface area (Å²) in [6, 6.07) is 18.2. The molecule has 0 aliphatic rings. The molecule has 0 aromatic heterocycles. The quantitative estimate of drug-likeness (QED) is 0.670. The summed E-state index contributed by atoms with van der Waals surface area (Å²) in [6.07, 6.45) is 0. The van der Waals surface area contributed by atoms with E-state index in [1.165, 1.54) is 22.3 Å². The van der Waals surface area contributed by atoms with Crippen LogP contribution in [0, 0.1) is 6.07 Å². The van der Waals surface area contributed by atoms with Gasteiger partial charge in [-0.25, -0.2) is 0 Å². The highest BCUT2D eigenvalue weighted by Crippen LogP contribution is 2.34. The zero-order valence-corrected chi connectivity index (χ0v) is 11.7. The lowest BCUT2D eigenvalue weighted by atomic mass is 9.84. The van der Waals surface area contributed by atoms with E-state index in [0.717, 1.165) is 0 Å². The molecule has 18 heavy (non-hydrogen) atoms. The molecule has 0 saturated heterocycles. The summed E-state index contributed by atoms with van der Waals surface area (Å²) >= 11 is 0. The minimum absolute atomic E-state index is 0.534. The second-order valence-corrected chi connectivity index (χ2v) is 5.39. The van der Waals surface area contributed by atoms with Crippen molar-refractivity contribution in [2.45, 2.75) is 39.5 Å². The van der Waals surface area contributed by atoms with Gasteiger partial charge in [0.15, 0.2) is 0 Å². The maximum atomic E-state index is 3.35. The van der Waals surface area contributed by atoms with Crippen molar-refractivity contribution in [1.29, 1.82) is 0 Å². The maximum Gasteiger partial charge on any atom is -0.00991 e. The smallest absolute Gasteiger partial charge is 0.00991 e. The Labute approximate surface area is 111 Å². The van der Waals surface area contributed by atoms with Gasteiger partial charge < -0.3 is 0 Å². The van der Waals surface area contributed by atoms with E-state index in [2.05, 4.69) is 64.1 Å². The van der Waals surface area contributed by atoms with Crippen molar-refractivity contribution in [3.05, 3.63) is 59.7 Å². The summed E-state index contributed by atoms with van der Waals surface area (Å²) in [5.41, 5.74) is 5.45. The largest absolute Gasteiger partial charge is 0.0616 e. The van der Waals surface area contributed by atoms with Gasteiger partial charge in [-0.2, -0.15) is 0 Å². The molecule has 0 unspecified atom stereocenters. The predicted molar refractivity (Wildman–Crippen MR) is 78.9 cm³/mol. The second-order valence-electron chi connectivity index (χ2n) is 5.39. The van der Waals surface area contributed by atoms with Gasteiger partial charge in [0, 0.05) is 0 Å². The molecule has 0 aliphatic heterocycles. The molecule has 0 fully saturated rings. The molecule has 0 heteroatoms. The fraction of sp³-hybridized carbons (Fsp3) is 0.333. The Hall–Kier alpha value is -1.56. The van der Waals surface area contributed by atoms with Crippen molar-refractivity contribution in [1.82, 2.24) is 0 Å². The molecule has 0 spiro atoms. The first-order valence-electron chi connectivity index (χ1n) is 6.71. The van der Waals surface area contributed by atoms with E-state index in [0.29, 0.717) is 11.8 Å². The normalized spacial score (nSPS) is 11.2. The van der Waals surface area contributed by atoms with E-state index < -0.39 is 0 Å². The minimum atomic E-state index is 0.534. The van der Waals surface area contributed by atoms with Gasteiger partial charge in [-0.15, -0.1) is 0 Å². The summed E-state index contributed by atoms with van der Waals surface area (Å²) in [5, 5.41) is 0. The zero-order chi connectivity index (χ0) is 13.1. The Morgan fingerprint density at radius 1 is 0.833 bits per heavy atom. The summed E-state index contributed by atoms with van der Waals surface area (Å²) in [5.74, 6) is 1.10. The first-order valence-corrected chi connectivity index (χ1v) is 6.71. The Morgan fingerprint density at radius 3 is 2.17 bits per heavy atom. The third kappa shape index (κ3) is 2.48. The standard InChI is InChI=1S/C18H21/c1-13(2)16-11-8-12-17(18(16)14(3)4)15-9-6-5-7-10-15/h5-9,11-14H,1-4H3. The van der Waals surface area contributed by atoms with Crippen LogP contribution >= 0.6 is 0 Å². The van der Waals surface area contributed by atoms with Crippen LogP contribution < -0.4 is 0 Å². The van der Waals surface area contributed by atoms with E-state index in [1.807, 2.05) is 12.1 Å². The third-order valence-electron chi connectivity index (χ3n) is 3.34. The number of hydrogen-bond acceptors (Lipinski definition) is 0. The van der Waals surface area contributed by atoms with E-state index in [-0.39, 0.29) is 0 Å². The maximum absolute atomic E-state index is 3.35. The van der Waals surface area contributed by atoms with Crippen LogP contribution in [0.5, 0.6) is 0 Å². The van der Waals surface area contributed by atoms with Gasteiger partial charge in [0.25, 0.3) is 0 Å². The van der Waals surface area contributed by atoms with Gasteiger partial charge in [-0.05, 0) is 40.2 Å². The molecular formula is C18H21. The highest BCUT2D eigenvalue weighted by molar-refractivity contribution is 5.69. The van der Waals surface area contributed by atoms with Gasteiger partial charge in [0.1, 0.15) is 0 Å². The molecule has 2 aromatic carbocycles. The van der Waals surface area contributed by atoms with Gasteiger partial charge in [0.2, 0.25) is 0 Å². The van der Waals surface area contributed by atoms with Crippen LogP contribution in [0.25, 0.3) is 11.1 Å². The van der Waals surface area contributed by atoms with Crippen LogP contribution in [0.15, 0.2) is 42.5 Å². The topological polar surface area (TPSA) is 0 Å². The van der Waals surface area contributed by atoms with E-state index >= 15 is 0 Å². The van der Waals surface area contributed by atoms with Crippen LogP contribution in [-0.4, -0.2) is 0 Å². The Bertz CT molecular complexity index is 507. The molecule has 93 valence electrons. The molecule has 0 amide bonds. The van der Waals surface area contributed by atoms with Crippen LogP contribution in [0.2, 0.25) is 0 Å². The Kier molecular flexibility index (Phi) is 3.86. The molecule has 0 heterocycles. The van der Waals surface area contributed by atoms with Crippen molar-refractivity contribution < 1.29 is 0 Å². The Morgan fingerprint density at radius 2 is 1.61 bits per heavy atom. The summed E-state index contributed by atoms with van der Waals surface area (Å²) in [6.45, 7) is 9.07. The Balaban J connectivity index is 2.64. The summed E-state index contributed by atoms with van der Waals surface area (Å²) < 4.78 is 0. The third-order valence-corrected chi connectivity index (χ3v) is 3.34. The fourth-order valence-electron chi connectivity index (χ4n) is 2.53. The molecule has 0 aliphatic carbocycles. The first-order chi connectivity index (χ1) is 8.61. The van der Waals surface area contributed by atoms with Crippen molar-refractivity contribution in [3.63, 3.8) is 0 Å². The van der Waals surface area contributed by atoms with Crippen molar-refractivity contribution >= 4 is 0 Å². The van der Waals surface area contributed by atoms with E-state index in [9.17, 15) is 0 Å². The summed E-state index contributed by atoms with van der Waals surface area (Å²) in [7, 11) is 0. The molecule has 2 aromatic rings. The molecule has 0 nitrogen and oxygen atoms in total. The van der Waals surface area contributed by atoms with Crippen LogP contribution in [0.4, 0.5) is 0 Å². The predicted octanol–water partition coefficient (Wildman–Crippen LogP) is 5.40. The van der Waals surface area contributed by atoms with Gasteiger partial charge in [0.05, 0.1) is 0 Å². The van der Waals surface area contributed by atoms with Crippen LogP contribution in [0.3, 0.4) is 0 Å². The number of hydrogen-bond donors (Lipinski definition) is 0. The monoisotopic (exact) mass is 237 g/mol. The fourth-order valence-corrected chi connectivity index (χ4v) is 2.53. The minimum Gasteiger partial charge on any atom is -0.0616 e. The lowest BCUT2D eigenvalue weighted by Crippen LogP contribution is -2.01. The molecule has 2 rings (SSSR count). The van der Waals surface area contributed by atoms with Crippen molar-refractivity contribution in [3.8, 4) is 11.1 Å². The molecule has 0 saturated carbocycles. The summed E-state index contributed by atoms with van der Waals surface area (Å²) in [4.78, 5) is 0. The molecule has 0 atom stereocenters. The van der Waals surface area contributed by atoms with Crippen molar-refractivity contribution in [2.75, 3.05) is 0 Å². The molecule has 1 radical (unpaired) electrons. The van der Waals surface area contributed by atoms with Gasteiger partial charge in [-0.3, -0.25) is 0 Å². The molecule has 0 N–H and O–H groups in total. The highest BCUT2D eigenvalue weighted by Gasteiger charge is 2.14. The molecular weight excluding hydrogens is 216 g/mol. The van der Waals surface area contributed by atoms with Crippen molar-refractivity contribution in [2.24, 2.45) is 0 Å². The zero-order valence-electron chi connectivity index (χ0n) is 11.7. The van der Waals surface area contributed by atoms with Gasteiger partial charge >= 0.3 is 0 Å². The lowest BCUT2D eigenvalue weighted by Gasteiger charge is -2.20. The van der Waals surface area contributed by atoms with E-state index in [1.54, 1.807) is 0 Å². The van der Waals surface area contributed by atoms with Crippen LogP contribution in [0.1, 0.15) is 50.7 Å². The number of rotatable bonds is 3. The average Bonchev–Trinajstić information content (AvgIpc) is 2.38. The van der Waals surface area contributed by atoms with Crippen LogP contribution in [-0.2, 0) is 0 Å². The second kappa shape index (κ2) is 5.39. The highest BCUT2D eigenvalue weighted by atomic mass is 14.2. The number of benzene rings is 2. The van der Waals surface area contributed by atoms with E-state index in [4.69, 9.17) is 0 Å².